The summed E-state index contributed by atoms with van der Waals surface area (Å²) in [5.41, 5.74) is 1.89. The molecule has 3 nitrogen and oxygen atoms in total. The summed E-state index contributed by atoms with van der Waals surface area (Å²) in [6.45, 7) is 4.93. The maximum absolute atomic E-state index is 8.94. The van der Waals surface area contributed by atoms with E-state index in [1.54, 1.807) is 6.20 Å². The second-order valence-corrected chi connectivity index (χ2v) is 4.00. The summed E-state index contributed by atoms with van der Waals surface area (Å²) >= 11 is 0. The van der Waals surface area contributed by atoms with Crippen LogP contribution in [0.3, 0.4) is 0 Å². The van der Waals surface area contributed by atoms with Crippen LogP contribution in [0.15, 0.2) is 12.3 Å². The number of hydrogen-bond donors (Lipinski definition) is 1. The number of fused-ring (bicyclic) bond motifs is 1. The predicted molar refractivity (Wildman–Crippen MR) is 48.7 cm³/mol. The highest BCUT2D eigenvalue weighted by Gasteiger charge is 2.32. The second kappa shape index (κ2) is 2.70. The number of aliphatic hydroxyl groups excluding tert-OH is 1. The minimum absolute atomic E-state index is 0.0106. The fourth-order valence-corrected chi connectivity index (χ4v) is 1.55. The average molecular weight is 179 g/mol. The van der Waals surface area contributed by atoms with E-state index in [0.29, 0.717) is 12.3 Å². The van der Waals surface area contributed by atoms with Gasteiger partial charge in [0.1, 0.15) is 5.75 Å². The van der Waals surface area contributed by atoms with Gasteiger partial charge in [-0.05, 0) is 6.07 Å². The number of aromatic nitrogens is 1. The van der Waals surface area contributed by atoms with Crippen LogP contribution < -0.4 is 4.74 Å². The molecule has 0 bridgehead atoms. The van der Waals surface area contributed by atoms with Crippen molar-refractivity contribution in [3.8, 4) is 5.75 Å². The van der Waals surface area contributed by atoms with Gasteiger partial charge in [-0.25, -0.2) is 0 Å². The first kappa shape index (κ1) is 8.51. The van der Waals surface area contributed by atoms with Crippen LogP contribution in [0.5, 0.6) is 5.75 Å². The molecule has 1 aliphatic heterocycles. The lowest BCUT2D eigenvalue weighted by Gasteiger charge is -2.15. The van der Waals surface area contributed by atoms with Crippen molar-refractivity contribution in [2.75, 3.05) is 6.61 Å². The van der Waals surface area contributed by atoms with Gasteiger partial charge in [0.05, 0.1) is 25.1 Å². The maximum atomic E-state index is 8.94. The fourth-order valence-electron chi connectivity index (χ4n) is 1.55. The van der Waals surface area contributed by atoms with E-state index in [2.05, 4.69) is 18.8 Å². The highest BCUT2D eigenvalue weighted by molar-refractivity contribution is 5.41. The van der Waals surface area contributed by atoms with E-state index < -0.39 is 0 Å². The van der Waals surface area contributed by atoms with Crippen molar-refractivity contribution in [2.45, 2.75) is 25.9 Å². The summed E-state index contributed by atoms with van der Waals surface area (Å²) in [5, 5.41) is 8.94. The van der Waals surface area contributed by atoms with Crippen LogP contribution in [0.4, 0.5) is 0 Å². The molecule has 2 rings (SSSR count). The Morgan fingerprint density at radius 2 is 2.38 bits per heavy atom. The summed E-state index contributed by atoms with van der Waals surface area (Å²) in [4.78, 5) is 4.06. The SMILES string of the molecule is CC1(C)COc2cnc(CO)cc21. The fraction of sp³-hybridized carbons (Fsp3) is 0.500. The first-order chi connectivity index (χ1) is 6.13. The Kier molecular flexibility index (Phi) is 1.77. The van der Waals surface area contributed by atoms with Gasteiger partial charge < -0.3 is 9.84 Å². The van der Waals surface area contributed by atoms with Crippen molar-refractivity contribution >= 4 is 0 Å². The van der Waals surface area contributed by atoms with Gasteiger partial charge in [0.2, 0.25) is 0 Å². The largest absolute Gasteiger partial charge is 0.491 e. The molecule has 0 spiro atoms. The van der Waals surface area contributed by atoms with Gasteiger partial charge in [-0.3, -0.25) is 4.98 Å². The molecule has 0 saturated carbocycles. The molecular formula is C10H13NO2. The summed E-state index contributed by atoms with van der Waals surface area (Å²) in [7, 11) is 0. The zero-order chi connectivity index (χ0) is 9.47. The summed E-state index contributed by atoms with van der Waals surface area (Å²) < 4.78 is 5.47. The van der Waals surface area contributed by atoms with Gasteiger partial charge in [0, 0.05) is 11.0 Å². The normalized spacial score (nSPS) is 18.1. The number of nitrogens with zero attached hydrogens (tertiary/aromatic N) is 1. The third-order valence-electron chi connectivity index (χ3n) is 2.40. The lowest BCUT2D eigenvalue weighted by Crippen LogP contribution is -2.18. The molecule has 1 aliphatic rings. The number of hydrogen-bond acceptors (Lipinski definition) is 3. The van der Waals surface area contributed by atoms with Crippen molar-refractivity contribution in [1.82, 2.24) is 4.98 Å². The van der Waals surface area contributed by atoms with Gasteiger partial charge in [0.25, 0.3) is 0 Å². The minimum atomic E-state index is -0.0106. The Balaban J connectivity index is 2.50. The Labute approximate surface area is 77.4 Å². The van der Waals surface area contributed by atoms with Gasteiger partial charge >= 0.3 is 0 Å². The van der Waals surface area contributed by atoms with Gasteiger partial charge in [-0.1, -0.05) is 13.8 Å². The molecule has 1 aromatic rings. The molecule has 1 N–H and O–H groups in total. The van der Waals surface area contributed by atoms with Crippen LogP contribution in [-0.2, 0) is 12.0 Å². The molecule has 70 valence electrons. The van der Waals surface area contributed by atoms with Crippen molar-refractivity contribution in [3.63, 3.8) is 0 Å². The van der Waals surface area contributed by atoms with Crippen LogP contribution in [0.25, 0.3) is 0 Å². The van der Waals surface area contributed by atoms with E-state index >= 15 is 0 Å². The summed E-state index contributed by atoms with van der Waals surface area (Å²) in [6, 6.07) is 1.92. The molecule has 0 unspecified atom stereocenters. The highest BCUT2D eigenvalue weighted by Crippen LogP contribution is 2.37. The smallest absolute Gasteiger partial charge is 0.141 e. The third kappa shape index (κ3) is 1.29. The molecular weight excluding hydrogens is 166 g/mol. The zero-order valence-electron chi connectivity index (χ0n) is 7.87. The lowest BCUT2D eigenvalue weighted by atomic mass is 9.87. The quantitative estimate of drug-likeness (QED) is 0.705. The molecule has 0 amide bonds. The van der Waals surface area contributed by atoms with Crippen LogP contribution in [0.1, 0.15) is 25.1 Å². The lowest BCUT2D eigenvalue weighted by molar-refractivity contribution is 0.276. The van der Waals surface area contributed by atoms with Crippen molar-refractivity contribution < 1.29 is 9.84 Å². The summed E-state index contributed by atoms with van der Waals surface area (Å²) in [6.07, 6.45) is 1.69. The van der Waals surface area contributed by atoms with Crippen LogP contribution >= 0.6 is 0 Å². The van der Waals surface area contributed by atoms with E-state index in [-0.39, 0.29) is 12.0 Å². The molecule has 1 aromatic heterocycles. The Morgan fingerprint density at radius 1 is 1.62 bits per heavy atom. The molecule has 3 heteroatoms. The van der Waals surface area contributed by atoms with Crippen LogP contribution in [0, 0.1) is 0 Å². The van der Waals surface area contributed by atoms with E-state index in [0.717, 1.165) is 11.3 Å². The maximum Gasteiger partial charge on any atom is 0.141 e. The summed E-state index contributed by atoms with van der Waals surface area (Å²) in [5.74, 6) is 0.849. The standard InChI is InChI=1S/C10H13NO2/c1-10(2)6-13-9-4-11-7(5-12)3-8(9)10/h3-4,12H,5-6H2,1-2H3. The molecule has 0 saturated heterocycles. The van der Waals surface area contributed by atoms with E-state index in [1.165, 1.54) is 0 Å². The monoisotopic (exact) mass is 179 g/mol. The van der Waals surface area contributed by atoms with Gasteiger partial charge in [0.15, 0.2) is 0 Å². The van der Waals surface area contributed by atoms with Crippen molar-refractivity contribution in [2.24, 2.45) is 0 Å². The number of rotatable bonds is 1. The number of ether oxygens (including phenoxy) is 1. The van der Waals surface area contributed by atoms with Crippen molar-refractivity contribution in [3.05, 3.63) is 23.5 Å². The van der Waals surface area contributed by atoms with E-state index in [1.807, 2.05) is 6.07 Å². The van der Waals surface area contributed by atoms with E-state index in [4.69, 9.17) is 9.84 Å². The van der Waals surface area contributed by atoms with Crippen molar-refractivity contribution in [1.29, 1.82) is 0 Å². The number of aliphatic hydroxyl groups is 1. The predicted octanol–water partition coefficient (Wildman–Crippen LogP) is 1.24. The molecule has 0 aliphatic carbocycles. The Morgan fingerprint density at radius 3 is 3.08 bits per heavy atom. The van der Waals surface area contributed by atoms with E-state index in [9.17, 15) is 0 Å². The average Bonchev–Trinajstić information content (AvgIpc) is 2.42. The van der Waals surface area contributed by atoms with Crippen LogP contribution in [0.2, 0.25) is 0 Å². The molecule has 2 heterocycles. The number of pyridine rings is 1. The topological polar surface area (TPSA) is 42.4 Å². The minimum Gasteiger partial charge on any atom is -0.491 e. The first-order valence-electron chi connectivity index (χ1n) is 4.36. The highest BCUT2D eigenvalue weighted by atomic mass is 16.5. The Hall–Kier alpha value is -1.09. The molecule has 0 fully saturated rings. The third-order valence-corrected chi connectivity index (χ3v) is 2.40. The Bertz CT molecular complexity index is 334. The molecule has 0 atom stereocenters. The zero-order valence-corrected chi connectivity index (χ0v) is 7.87. The first-order valence-corrected chi connectivity index (χ1v) is 4.36. The van der Waals surface area contributed by atoms with Gasteiger partial charge in [-0.15, -0.1) is 0 Å². The molecule has 0 aromatic carbocycles. The molecule has 13 heavy (non-hydrogen) atoms. The van der Waals surface area contributed by atoms with Crippen LogP contribution in [-0.4, -0.2) is 16.7 Å². The second-order valence-electron chi connectivity index (χ2n) is 4.00. The molecule has 0 radical (unpaired) electrons. The van der Waals surface area contributed by atoms with Gasteiger partial charge in [-0.2, -0.15) is 0 Å².